The van der Waals surface area contributed by atoms with E-state index in [2.05, 4.69) is 0 Å². The van der Waals surface area contributed by atoms with Crippen molar-refractivity contribution in [3.63, 3.8) is 0 Å². The Labute approximate surface area is 200 Å². The topological polar surface area (TPSA) is 74.3 Å². The summed E-state index contributed by atoms with van der Waals surface area (Å²) in [4.78, 5) is 26.1. The molecule has 0 saturated heterocycles. The minimum atomic E-state index is -0.833. The molecule has 0 aliphatic heterocycles. The molecule has 0 radical (unpaired) electrons. The van der Waals surface area contributed by atoms with E-state index < -0.39 is 11.3 Å². The van der Waals surface area contributed by atoms with E-state index in [1.54, 1.807) is 7.11 Å². The van der Waals surface area contributed by atoms with E-state index in [0.29, 0.717) is 30.7 Å². The Morgan fingerprint density at radius 2 is 1.56 bits per heavy atom. The van der Waals surface area contributed by atoms with E-state index in [-0.39, 0.29) is 5.78 Å². The number of aromatic nitrogens is 1. The number of aryl methyl sites for hydroxylation is 1. The molecule has 0 saturated carbocycles. The largest absolute Gasteiger partial charge is 0.495 e. The molecule has 0 aliphatic carbocycles. The lowest BCUT2D eigenvalue weighted by molar-refractivity contribution is -0.126. The van der Waals surface area contributed by atoms with Crippen molar-refractivity contribution in [2.24, 2.45) is 11.1 Å². The number of rotatable bonds is 9. The second kappa shape index (κ2) is 9.56. The summed E-state index contributed by atoms with van der Waals surface area (Å²) >= 11 is 0. The zero-order valence-electron chi connectivity index (χ0n) is 19.9. The first-order chi connectivity index (χ1) is 16.3. The van der Waals surface area contributed by atoms with Gasteiger partial charge < -0.3 is 15.0 Å². The molecular formula is C29H30N2O3. The van der Waals surface area contributed by atoms with Gasteiger partial charge in [0.25, 0.3) is 0 Å². The Balaban J connectivity index is 1.95. The smallest absolute Gasteiger partial charge is 0.224 e. The number of carbonyl (C=O) groups excluding carboxylic acids is 2. The van der Waals surface area contributed by atoms with Crippen LogP contribution >= 0.6 is 0 Å². The Morgan fingerprint density at radius 3 is 2.18 bits per heavy atom. The van der Waals surface area contributed by atoms with E-state index in [0.717, 1.165) is 27.7 Å². The van der Waals surface area contributed by atoms with Gasteiger partial charge in [0.1, 0.15) is 5.75 Å². The summed E-state index contributed by atoms with van der Waals surface area (Å²) in [7, 11) is 1.62. The highest BCUT2D eigenvalue weighted by Gasteiger charge is 2.31. The predicted molar refractivity (Wildman–Crippen MR) is 136 cm³/mol. The van der Waals surface area contributed by atoms with Crippen LogP contribution in [0.15, 0.2) is 78.9 Å². The van der Waals surface area contributed by atoms with Gasteiger partial charge in [0.05, 0.1) is 29.3 Å². The van der Waals surface area contributed by atoms with Gasteiger partial charge in [0.2, 0.25) is 5.91 Å². The summed E-state index contributed by atoms with van der Waals surface area (Å²) in [5.74, 6) is 0.300. The normalized spacial score (nSPS) is 11.5. The minimum Gasteiger partial charge on any atom is -0.495 e. The van der Waals surface area contributed by atoms with Crippen molar-refractivity contribution in [1.82, 2.24) is 4.57 Å². The van der Waals surface area contributed by atoms with Crippen LogP contribution in [0, 0.1) is 5.41 Å². The van der Waals surface area contributed by atoms with Crippen LogP contribution in [-0.4, -0.2) is 23.4 Å². The van der Waals surface area contributed by atoms with Crippen molar-refractivity contribution in [1.29, 1.82) is 0 Å². The maximum Gasteiger partial charge on any atom is 0.224 e. The van der Waals surface area contributed by atoms with Gasteiger partial charge in [0, 0.05) is 18.4 Å². The van der Waals surface area contributed by atoms with Crippen molar-refractivity contribution in [2.45, 2.75) is 33.2 Å². The molecule has 3 aromatic carbocycles. The Hall–Kier alpha value is -3.86. The van der Waals surface area contributed by atoms with Crippen LogP contribution in [-0.2, 0) is 17.8 Å². The Morgan fingerprint density at radius 1 is 0.912 bits per heavy atom. The summed E-state index contributed by atoms with van der Waals surface area (Å²) in [6, 6.07) is 25.6. The quantitative estimate of drug-likeness (QED) is 0.332. The van der Waals surface area contributed by atoms with Gasteiger partial charge in [-0.1, -0.05) is 72.8 Å². The fourth-order valence-corrected chi connectivity index (χ4v) is 4.38. The van der Waals surface area contributed by atoms with Crippen LogP contribution in [0.2, 0.25) is 0 Å². The van der Waals surface area contributed by atoms with Gasteiger partial charge in [-0.2, -0.15) is 0 Å². The number of benzene rings is 3. The monoisotopic (exact) mass is 454 g/mol. The third-order valence-electron chi connectivity index (χ3n) is 6.29. The van der Waals surface area contributed by atoms with Gasteiger partial charge in [0.15, 0.2) is 5.78 Å². The zero-order chi connectivity index (χ0) is 24.3. The number of ketones is 1. The fraction of sp³-hybridized carbons (Fsp3) is 0.241. The highest BCUT2D eigenvalue weighted by molar-refractivity contribution is 6.15. The fourth-order valence-electron chi connectivity index (χ4n) is 4.38. The number of ether oxygens (including phenoxy) is 1. The standard InChI is InChI=1S/C29H30N2O3/c1-29(2,28(30)33)19-31-26(21-13-8-5-9-14-21)25(22-15-10-16-24(34-3)27(22)31)23(32)18-17-20-11-6-4-7-12-20/h4-16H,17-19H2,1-3H3,(H2,30,33). The van der Waals surface area contributed by atoms with Crippen molar-refractivity contribution >= 4 is 22.6 Å². The Kier molecular flexibility index (Phi) is 6.55. The number of fused-ring (bicyclic) bond motifs is 1. The van der Waals surface area contributed by atoms with Crippen molar-refractivity contribution in [2.75, 3.05) is 7.11 Å². The molecule has 2 N–H and O–H groups in total. The van der Waals surface area contributed by atoms with Crippen molar-refractivity contribution < 1.29 is 14.3 Å². The van der Waals surface area contributed by atoms with Crippen LogP contribution in [0.5, 0.6) is 5.75 Å². The zero-order valence-corrected chi connectivity index (χ0v) is 19.9. The molecule has 0 atom stereocenters. The van der Waals surface area contributed by atoms with Crippen LogP contribution < -0.4 is 10.5 Å². The molecule has 5 nitrogen and oxygen atoms in total. The van der Waals surface area contributed by atoms with Gasteiger partial charge in [-0.25, -0.2) is 0 Å². The van der Waals surface area contributed by atoms with E-state index in [1.165, 1.54) is 0 Å². The molecule has 34 heavy (non-hydrogen) atoms. The first-order valence-electron chi connectivity index (χ1n) is 11.4. The summed E-state index contributed by atoms with van der Waals surface area (Å²) in [5.41, 5.74) is 9.17. The average molecular weight is 455 g/mol. The van der Waals surface area contributed by atoms with Gasteiger partial charge in [-0.3, -0.25) is 9.59 Å². The number of primary amides is 1. The lowest BCUT2D eigenvalue weighted by Crippen LogP contribution is -2.35. The molecule has 1 amide bonds. The Bertz CT molecular complexity index is 1320. The molecular weight excluding hydrogens is 424 g/mol. The minimum absolute atomic E-state index is 0.0524. The molecule has 0 unspecified atom stereocenters. The molecule has 1 heterocycles. The SMILES string of the molecule is COc1cccc2c(C(=O)CCc3ccccc3)c(-c3ccccc3)n(CC(C)(C)C(N)=O)c12. The second-order valence-corrected chi connectivity index (χ2v) is 9.19. The number of methoxy groups -OCH3 is 1. The second-order valence-electron chi connectivity index (χ2n) is 9.19. The molecule has 0 aliphatic rings. The molecule has 1 aromatic heterocycles. The third kappa shape index (κ3) is 4.46. The van der Waals surface area contributed by atoms with Crippen LogP contribution in [0.3, 0.4) is 0 Å². The maximum absolute atomic E-state index is 13.8. The van der Waals surface area contributed by atoms with E-state index in [9.17, 15) is 9.59 Å². The number of para-hydroxylation sites is 1. The van der Waals surface area contributed by atoms with Crippen LogP contribution in [0.4, 0.5) is 0 Å². The van der Waals surface area contributed by atoms with E-state index in [4.69, 9.17) is 10.5 Å². The first-order valence-corrected chi connectivity index (χ1v) is 11.4. The molecule has 4 aromatic rings. The number of hydrogen-bond acceptors (Lipinski definition) is 3. The van der Waals surface area contributed by atoms with Crippen molar-refractivity contribution in [3.8, 4) is 17.0 Å². The number of nitrogens with zero attached hydrogens (tertiary/aromatic N) is 1. The van der Waals surface area contributed by atoms with Crippen LogP contribution in [0.1, 0.15) is 36.2 Å². The van der Waals surface area contributed by atoms with Gasteiger partial charge >= 0.3 is 0 Å². The molecule has 0 fully saturated rings. The van der Waals surface area contributed by atoms with Crippen LogP contribution in [0.25, 0.3) is 22.2 Å². The van der Waals surface area contributed by atoms with E-state index >= 15 is 0 Å². The summed E-state index contributed by atoms with van der Waals surface area (Å²) in [6.07, 6.45) is 1.02. The van der Waals surface area contributed by atoms with Gasteiger partial charge in [-0.05, 0) is 37.5 Å². The highest BCUT2D eigenvalue weighted by Crippen LogP contribution is 2.40. The predicted octanol–water partition coefficient (Wildman–Crippen LogP) is 5.64. The van der Waals surface area contributed by atoms with Crippen molar-refractivity contribution in [3.05, 3.63) is 90.0 Å². The molecule has 0 spiro atoms. The molecule has 5 heteroatoms. The van der Waals surface area contributed by atoms with Gasteiger partial charge in [-0.15, -0.1) is 0 Å². The molecule has 0 bridgehead atoms. The lowest BCUT2D eigenvalue weighted by Gasteiger charge is -2.24. The summed E-state index contributed by atoms with van der Waals surface area (Å²) < 4.78 is 7.74. The number of nitrogens with two attached hydrogens (primary N) is 1. The molecule has 174 valence electrons. The number of carbonyl (C=O) groups is 2. The highest BCUT2D eigenvalue weighted by atomic mass is 16.5. The summed E-state index contributed by atoms with van der Waals surface area (Å²) in [6.45, 7) is 3.96. The first kappa shape index (κ1) is 23.3. The molecule has 4 rings (SSSR count). The third-order valence-corrected chi connectivity index (χ3v) is 6.29. The average Bonchev–Trinajstić information content (AvgIpc) is 3.17. The lowest BCUT2D eigenvalue weighted by atomic mass is 9.92. The number of amides is 1. The maximum atomic E-state index is 13.8. The number of hydrogen-bond donors (Lipinski definition) is 1. The van der Waals surface area contributed by atoms with E-state index in [1.807, 2.05) is 97.3 Å². The number of Topliss-reactive ketones (excluding diaryl/α,β-unsaturated/α-hetero) is 1. The summed E-state index contributed by atoms with van der Waals surface area (Å²) in [5, 5.41) is 0.816.